The largest absolute Gasteiger partial charge is 0.465 e. The van der Waals surface area contributed by atoms with Crippen molar-refractivity contribution in [1.82, 2.24) is 19.8 Å². The van der Waals surface area contributed by atoms with Crippen molar-refractivity contribution in [2.24, 2.45) is 11.3 Å². The SMILES string of the molecule is CCC1C(N2CCC3(CC2)CC(=O)N(C)N3CC)CC12CCN(C(=O)O)C2. The summed E-state index contributed by atoms with van der Waals surface area (Å²) in [5.74, 6) is 0.852. The lowest BCUT2D eigenvalue weighted by molar-refractivity contribution is -0.139. The highest BCUT2D eigenvalue weighted by atomic mass is 16.4. The predicted molar refractivity (Wildman–Crippen MR) is 102 cm³/mol. The fourth-order valence-electron chi connectivity index (χ4n) is 6.77. The van der Waals surface area contributed by atoms with Crippen LogP contribution in [-0.2, 0) is 4.79 Å². The van der Waals surface area contributed by atoms with E-state index in [-0.39, 0.29) is 16.9 Å². The Labute approximate surface area is 162 Å². The minimum Gasteiger partial charge on any atom is -0.465 e. The van der Waals surface area contributed by atoms with Gasteiger partial charge in [0.2, 0.25) is 5.91 Å². The molecule has 27 heavy (non-hydrogen) atoms. The second-order valence-corrected chi connectivity index (χ2v) is 9.17. The molecule has 0 radical (unpaired) electrons. The highest BCUT2D eigenvalue weighted by Crippen LogP contribution is 2.56. The normalized spacial score (nSPS) is 36.8. The molecular weight excluding hydrogens is 344 g/mol. The van der Waals surface area contributed by atoms with Gasteiger partial charge in [-0.3, -0.25) is 14.7 Å². The van der Waals surface area contributed by atoms with E-state index in [9.17, 15) is 14.7 Å². The Bertz CT molecular complexity index is 618. The van der Waals surface area contributed by atoms with Crippen LogP contribution in [0.15, 0.2) is 0 Å². The van der Waals surface area contributed by atoms with Crippen LogP contribution in [0.3, 0.4) is 0 Å². The first kappa shape index (κ1) is 19.0. The number of carbonyl (C=O) groups excluding carboxylic acids is 1. The molecule has 152 valence electrons. The number of amides is 2. The van der Waals surface area contributed by atoms with Crippen LogP contribution >= 0.6 is 0 Å². The molecule has 2 spiro atoms. The molecular formula is C20H34N4O3. The van der Waals surface area contributed by atoms with Crippen molar-refractivity contribution in [3.63, 3.8) is 0 Å². The van der Waals surface area contributed by atoms with Crippen LogP contribution in [0.4, 0.5) is 4.79 Å². The molecule has 1 aliphatic carbocycles. The van der Waals surface area contributed by atoms with Gasteiger partial charge in [0.15, 0.2) is 0 Å². The van der Waals surface area contributed by atoms with Gasteiger partial charge in [0.1, 0.15) is 0 Å². The number of hydrazine groups is 1. The van der Waals surface area contributed by atoms with Gasteiger partial charge in [-0.2, -0.15) is 0 Å². The molecule has 0 aromatic rings. The molecule has 7 heteroatoms. The summed E-state index contributed by atoms with van der Waals surface area (Å²) in [4.78, 5) is 27.9. The van der Waals surface area contributed by atoms with E-state index in [1.807, 2.05) is 12.1 Å². The summed E-state index contributed by atoms with van der Waals surface area (Å²) >= 11 is 0. The Hall–Kier alpha value is -1.34. The lowest BCUT2D eigenvalue weighted by Gasteiger charge is -2.59. The molecule has 3 aliphatic heterocycles. The molecule has 4 fully saturated rings. The summed E-state index contributed by atoms with van der Waals surface area (Å²) in [5, 5.41) is 13.4. The molecule has 0 aromatic heterocycles. The first-order chi connectivity index (χ1) is 12.9. The second-order valence-electron chi connectivity index (χ2n) is 9.17. The van der Waals surface area contributed by atoms with E-state index in [0.717, 1.165) is 58.3 Å². The van der Waals surface area contributed by atoms with Crippen molar-refractivity contribution < 1.29 is 14.7 Å². The molecule has 2 amide bonds. The van der Waals surface area contributed by atoms with E-state index in [1.165, 1.54) is 0 Å². The van der Waals surface area contributed by atoms with Crippen LogP contribution in [0.2, 0.25) is 0 Å². The highest BCUT2D eigenvalue weighted by Gasteiger charge is 2.59. The van der Waals surface area contributed by atoms with Crippen LogP contribution in [0, 0.1) is 11.3 Å². The topological polar surface area (TPSA) is 67.3 Å². The van der Waals surface area contributed by atoms with Crippen molar-refractivity contribution in [3.05, 3.63) is 0 Å². The maximum Gasteiger partial charge on any atom is 0.407 e. The van der Waals surface area contributed by atoms with Gasteiger partial charge in [-0.1, -0.05) is 20.3 Å². The zero-order chi connectivity index (χ0) is 19.4. The number of hydrogen-bond donors (Lipinski definition) is 1. The Morgan fingerprint density at radius 2 is 1.89 bits per heavy atom. The molecule has 1 N–H and O–H groups in total. The van der Waals surface area contributed by atoms with Gasteiger partial charge in [-0.15, -0.1) is 0 Å². The van der Waals surface area contributed by atoms with E-state index in [2.05, 4.69) is 23.8 Å². The molecule has 4 rings (SSSR count). The van der Waals surface area contributed by atoms with Crippen molar-refractivity contribution in [2.45, 2.75) is 64.0 Å². The van der Waals surface area contributed by atoms with Crippen LogP contribution in [-0.4, -0.2) is 88.3 Å². The average molecular weight is 379 g/mol. The van der Waals surface area contributed by atoms with E-state index in [4.69, 9.17) is 0 Å². The van der Waals surface area contributed by atoms with E-state index >= 15 is 0 Å². The summed E-state index contributed by atoms with van der Waals surface area (Å²) < 4.78 is 0. The third-order valence-electron chi connectivity index (χ3n) is 8.21. The van der Waals surface area contributed by atoms with Crippen molar-refractivity contribution in [3.8, 4) is 0 Å². The molecule has 0 bridgehead atoms. The van der Waals surface area contributed by atoms with E-state index < -0.39 is 6.09 Å². The summed E-state index contributed by atoms with van der Waals surface area (Å²) in [7, 11) is 1.91. The molecule has 3 unspecified atom stereocenters. The Balaban J connectivity index is 1.40. The molecule has 3 saturated heterocycles. The number of piperidine rings is 1. The number of nitrogens with zero attached hydrogens (tertiary/aromatic N) is 4. The Kier molecular flexibility index (Phi) is 4.66. The summed E-state index contributed by atoms with van der Waals surface area (Å²) in [6, 6.07) is 0.589. The van der Waals surface area contributed by atoms with Crippen LogP contribution in [0.1, 0.15) is 52.4 Å². The maximum atomic E-state index is 12.3. The maximum absolute atomic E-state index is 12.3. The smallest absolute Gasteiger partial charge is 0.407 e. The number of likely N-dealkylation sites (tertiary alicyclic amines) is 2. The third-order valence-corrected chi connectivity index (χ3v) is 8.21. The van der Waals surface area contributed by atoms with Gasteiger partial charge in [-0.05, 0) is 37.0 Å². The van der Waals surface area contributed by atoms with Gasteiger partial charge < -0.3 is 10.0 Å². The standard InChI is InChI=1S/C20H34N4O3/c1-4-15-16(12-19(15)6-9-23(14-19)18(26)27)22-10-7-20(8-11-22)13-17(25)21(3)24(20)5-2/h15-16H,4-14H2,1-3H3,(H,26,27). The van der Waals surface area contributed by atoms with E-state index in [0.29, 0.717) is 24.9 Å². The highest BCUT2D eigenvalue weighted by molar-refractivity contribution is 5.79. The predicted octanol–water partition coefficient (Wildman–Crippen LogP) is 2.09. The number of carboxylic acid groups (broad SMARTS) is 1. The Morgan fingerprint density at radius 3 is 2.44 bits per heavy atom. The van der Waals surface area contributed by atoms with Crippen LogP contribution < -0.4 is 0 Å². The molecule has 3 heterocycles. The number of rotatable bonds is 3. The lowest BCUT2D eigenvalue weighted by atomic mass is 9.54. The second kappa shape index (κ2) is 6.62. The zero-order valence-corrected chi connectivity index (χ0v) is 17.0. The summed E-state index contributed by atoms with van der Waals surface area (Å²) in [5.41, 5.74) is 0.236. The van der Waals surface area contributed by atoms with Crippen molar-refractivity contribution in [2.75, 3.05) is 39.8 Å². The first-order valence-corrected chi connectivity index (χ1v) is 10.6. The van der Waals surface area contributed by atoms with Gasteiger partial charge in [-0.25, -0.2) is 9.80 Å². The molecule has 4 aliphatic rings. The van der Waals surface area contributed by atoms with Gasteiger partial charge in [0, 0.05) is 52.2 Å². The monoisotopic (exact) mass is 378 g/mol. The molecule has 7 nitrogen and oxygen atoms in total. The quantitative estimate of drug-likeness (QED) is 0.815. The first-order valence-electron chi connectivity index (χ1n) is 10.6. The van der Waals surface area contributed by atoms with Crippen molar-refractivity contribution >= 4 is 12.0 Å². The van der Waals surface area contributed by atoms with Gasteiger partial charge in [0.05, 0.1) is 5.54 Å². The molecule has 3 atom stereocenters. The zero-order valence-electron chi connectivity index (χ0n) is 17.0. The fourth-order valence-corrected chi connectivity index (χ4v) is 6.77. The van der Waals surface area contributed by atoms with Crippen LogP contribution in [0.25, 0.3) is 0 Å². The van der Waals surface area contributed by atoms with Crippen molar-refractivity contribution in [1.29, 1.82) is 0 Å². The number of hydrogen-bond acceptors (Lipinski definition) is 4. The lowest BCUT2D eigenvalue weighted by Crippen LogP contribution is -2.63. The average Bonchev–Trinajstić information content (AvgIpc) is 3.17. The van der Waals surface area contributed by atoms with E-state index in [1.54, 1.807) is 4.90 Å². The minimum atomic E-state index is -0.764. The summed E-state index contributed by atoms with van der Waals surface area (Å²) in [6.07, 6.45) is 5.29. The third kappa shape index (κ3) is 2.77. The van der Waals surface area contributed by atoms with Gasteiger partial charge >= 0.3 is 6.09 Å². The molecule has 0 aromatic carbocycles. The fraction of sp³-hybridized carbons (Fsp3) is 0.900. The van der Waals surface area contributed by atoms with Crippen LogP contribution in [0.5, 0.6) is 0 Å². The Morgan fingerprint density at radius 1 is 1.19 bits per heavy atom. The van der Waals surface area contributed by atoms with Gasteiger partial charge in [0.25, 0.3) is 0 Å². The number of carbonyl (C=O) groups is 2. The molecule has 1 saturated carbocycles. The minimum absolute atomic E-state index is 0.0215. The summed E-state index contributed by atoms with van der Waals surface area (Å²) in [6.45, 7) is 8.81.